The van der Waals surface area contributed by atoms with Gasteiger partial charge in [0.15, 0.2) is 21.8 Å². The summed E-state index contributed by atoms with van der Waals surface area (Å²) >= 11 is 9.17. The maximum Gasteiger partial charge on any atom is 0.223 e. The summed E-state index contributed by atoms with van der Waals surface area (Å²) in [4.78, 5) is 12.0. The molecular formula is C10H11BrClN5O4. The van der Waals surface area contributed by atoms with E-state index in [1.807, 2.05) is 0 Å². The van der Waals surface area contributed by atoms with Crippen molar-refractivity contribution in [2.45, 2.75) is 24.5 Å². The molecule has 3 rings (SSSR count). The Morgan fingerprint density at radius 3 is 2.62 bits per heavy atom. The minimum absolute atomic E-state index is 0.0590. The average molecular weight is 381 g/mol. The molecule has 2 aromatic heterocycles. The highest BCUT2D eigenvalue weighted by molar-refractivity contribution is 9.10. The van der Waals surface area contributed by atoms with Gasteiger partial charge in [0.25, 0.3) is 0 Å². The van der Waals surface area contributed by atoms with Crippen LogP contribution in [0.3, 0.4) is 0 Å². The molecule has 3 heterocycles. The van der Waals surface area contributed by atoms with Gasteiger partial charge in [-0.1, -0.05) is 11.6 Å². The van der Waals surface area contributed by atoms with Crippen LogP contribution in [-0.4, -0.2) is 59.8 Å². The molecule has 21 heavy (non-hydrogen) atoms. The molecule has 0 aromatic carbocycles. The number of aliphatic hydroxyl groups is 3. The van der Waals surface area contributed by atoms with E-state index in [1.165, 1.54) is 4.57 Å². The van der Waals surface area contributed by atoms with Crippen LogP contribution >= 0.6 is 27.5 Å². The highest BCUT2D eigenvalue weighted by Crippen LogP contribution is 2.35. The topological polar surface area (TPSA) is 140 Å². The zero-order chi connectivity index (χ0) is 15.3. The van der Waals surface area contributed by atoms with E-state index >= 15 is 0 Å². The number of aliphatic hydroxyl groups excluding tert-OH is 3. The number of nitrogens with two attached hydrogens (primary N) is 1. The van der Waals surface area contributed by atoms with Gasteiger partial charge >= 0.3 is 0 Å². The van der Waals surface area contributed by atoms with Gasteiger partial charge in [-0.2, -0.15) is 9.97 Å². The van der Waals surface area contributed by atoms with Crippen LogP contribution in [0.25, 0.3) is 11.2 Å². The second kappa shape index (κ2) is 5.30. The highest BCUT2D eigenvalue weighted by Gasteiger charge is 2.44. The second-order valence-corrected chi connectivity index (χ2v) is 5.59. The minimum atomic E-state index is -1.27. The van der Waals surface area contributed by atoms with Crippen molar-refractivity contribution >= 4 is 44.6 Å². The quantitative estimate of drug-likeness (QED) is 0.401. The summed E-state index contributed by atoms with van der Waals surface area (Å²) < 4.78 is 7.11. The van der Waals surface area contributed by atoms with Crippen LogP contribution in [0.4, 0.5) is 5.95 Å². The van der Waals surface area contributed by atoms with Gasteiger partial charge in [-0.15, -0.1) is 0 Å². The first-order valence-corrected chi connectivity index (χ1v) is 7.10. The van der Waals surface area contributed by atoms with Crippen molar-refractivity contribution in [3.05, 3.63) is 9.89 Å². The first-order valence-electron chi connectivity index (χ1n) is 5.93. The van der Waals surface area contributed by atoms with Gasteiger partial charge in [-0.3, -0.25) is 4.57 Å². The van der Waals surface area contributed by atoms with E-state index in [0.29, 0.717) is 0 Å². The molecule has 11 heteroatoms. The monoisotopic (exact) mass is 379 g/mol. The molecule has 0 radical (unpaired) electrons. The van der Waals surface area contributed by atoms with Gasteiger partial charge in [0.1, 0.15) is 23.8 Å². The van der Waals surface area contributed by atoms with E-state index in [2.05, 4.69) is 30.9 Å². The van der Waals surface area contributed by atoms with Crippen LogP contribution in [-0.2, 0) is 4.74 Å². The highest BCUT2D eigenvalue weighted by atomic mass is 79.9. The molecule has 0 unspecified atom stereocenters. The summed E-state index contributed by atoms with van der Waals surface area (Å²) in [6, 6.07) is 0. The Labute approximate surface area is 131 Å². The third kappa shape index (κ3) is 2.28. The van der Waals surface area contributed by atoms with E-state index in [9.17, 15) is 10.2 Å². The summed E-state index contributed by atoms with van der Waals surface area (Å²) in [5.41, 5.74) is 6.08. The van der Waals surface area contributed by atoms with E-state index in [1.54, 1.807) is 0 Å². The van der Waals surface area contributed by atoms with Gasteiger partial charge < -0.3 is 25.8 Å². The van der Waals surface area contributed by atoms with E-state index < -0.39 is 31.1 Å². The zero-order valence-corrected chi connectivity index (χ0v) is 12.7. The molecule has 0 saturated carbocycles. The van der Waals surface area contributed by atoms with Gasteiger partial charge in [-0.05, 0) is 15.9 Å². The van der Waals surface area contributed by atoms with Crippen molar-refractivity contribution in [2.75, 3.05) is 12.3 Å². The van der Waals surface area contributed by atoms with Crippen molar-refractivity contribution in [1.82, 2.24) is 19.5 Å². The largest absolute Gasteiger partial charge is 0.394 e. The van der Waals surface area contributed by atoms with Gasteiger partial charge in [0, 0.05) is 0 Å². The Hall–Kier alpha value is -1.04. The second-order valence-electron chi connectivity index (χ2n) is 4.52. The van der Waals surface area contributed by atoms with Crippen molar-refractivity contribution in [3.8, 4) is 0 Å². The number of fused-ring (bicyclic) bond motifs is 1. The maximum atomic E-state index is 10.1. The maximum absolute atomic E-state index is 10.1. The first-order chi connectivity index (χ1) is 9.93. The predicted octanol–water partition coefficient (Wildman–Crippen LogP) is -0.564. The van der Waals surface area contributed by atoms with Gasteiger partial charge in [0.05, 0.1) is 6.61 Å². The van der Waals surface area contributed by atoms with Crippen LogP contribution in [0.2, 0.25) is 5.15 Å². The Bertz CT molecular complexity index is 698. The number of ether oxygens (including phenoxy) is 1. The van der Waals surface area contributed by atoms with Gasteiger partial charge in [-0.25, -0.2) is 4.98 Å². The Kier molecular flexibility index (Phi) is 3.76. The molecule has 0 bridgehead atoms. The number of imidazole rings is 1. The SMILES string of the molecule is Nc1nc(Cl)c2nc(Br)n([C@@H]3O[C@H](CO)[C@@H](O)[C@H]3O)c2n1. The van der Waals surface area contributed by atoms with Gasteiger partial charge in [0.2, 0.25) is 5.95 Å². The van der Waals surface area contributed by atoms with Crippen LogP contribution in [0.1, 0.15) is 6.23 Å². The molecule has 0 aliphatic carbocycles. The molecule has 1 saturated heterocycles. The molecule has 1 aliphatic rings. The fourth-order valence-electron chi connectivity index (χ4n) is 2.25. The average Bonchev–Trinajstić information content (AvgIpc) is 2.89. The molecule has 114 valence electrons. The third-order valence-corrected chi connectivity index (χ3v) is 4.07. The number of hydrogen-bond acceptors (Lipinski definition) is 8. The van der Waals surface area contributed by atoms with Crippen molar-refractivity contribution in [2.24, 2.45) is 0 Å². The van der Waals surface area contributed by atoms with Crippen LogP contribution in [0.15, 0.2) is 4.73 Å². The number of nitrogen functional groups attached to an aromatic ring is 1. The van der Waals surface area contributed by atoms with Crippen LogP contribution in [0.5, 0.6) is 0 Å². The number of anilines is 1. The van der Waals surface area contributed by atoms with E-state index in [0.717, 1.165) is 0 Å². The summed E-state index contributed by atoms with van der Waals surface area (Å²) in [5, 5.41) is 29.1. The molecule has 5 N–H and O–H groups in total. The third-order valence-electron chi connectivity index (χ3n) is 3.24. The Morgan fingerprint density at radius 1 is 1.29 bits per heavy atom. The lowest BCUT2D eigenvalue weighted by Gasteiger charge is -2.17. The van der Waals surface area contributed by atoms with E-state index in [4.69, 9.17) is 27.2 Å². The molecule has 1 aliphatic heterocycles. The molecular weight excluding hydrogens is 369 g/mol. The molecule has 0 amide bonds. The summed E-state index contributed by atoms with van der Waals surface area (Å²) in [6.45, 7) is -0.434. The predicted molar refractivity (Wildman–Crippen MR) is 75.5 cm³/mol. The molecule has 9 nitrogen and oxygen atoms in total. The Morgan fingerprint density at radius 2 is 2.00 bits per heavy atom. The Balaban J connectivity index is 2.15. The number of rotatable bonds is 2. The summed E-state index contributed by atoms with van der Waals surface area (Å²) in [7, 11) is 0. The zero-order valence-electron chi connectivity index (χ0n) is 10.4. The lowest BCUT2D eigenvalue weighted by atomic mass is 10.1. The minimum Gasteiger partial charge on any atom is -0.394 e. The standard InChI is InChI=1S/C10H11BrClN5O4/c11-9-14-3-6(12)15-10(13)16-7(3)17(9)8-5(20)4(19)2(1-18)21-8/h2,4-5,8,18-20H,1H2,(H2,13,15,16)/t2-,4-,5-,8-/m1/s1. The lowest BCUT2D eigenvalue weighted by molar-refractivity contribution is -0.0521. The fourth-order valence-corrected chi connectivity index (χ4v) is 3.01. The molecule has 4 atom stereocenters. The molecule has 1 fully saturated rings. The van der Waals surface area contributed by atoms with Crippen LogP contribution < -0.4 is 5.73 Å². The summed E-state index contributed by atoms with van der Waals surface area (Å²) in [6.07, 6.45) is -4.42. The van der Waals surface area contributed by atoms with Crippen molar-refractivity contribution < 1.29 is 20.1 Å². The normalized spacial score (nSPS) is 29.4. The lowest BCUT2D eigenvalue weighted by Crippen LogP contribution is -2.33. The number of aromatic nitrogens is 4. The summed E-state index contributed by atoms with van der Waals surface area (Å²) in [5.74, 6) is -0.0621. The molecule has 2 aromatic rings. The molecule has 0 spiro atoms. The van der Waals surface area contributed by atoms with Crippen LogP contribution in [0, 0.1) is 0 Å². The smallest absolute Gasteiger partial charge is 0.223 e. The number of hydrogen-bond donors (Lipinski definition) is 4. The number of halogens is 2. The van der Waals surface area contributed by atoms with Crippen molar-refractivity contribution in [3.63, 3.8) is 0 Å². The van der Waals surface area contributed by atoms with Crippen molar-refractivity contribution in [1.29, 1.82) is 0 Å². The number of nitrogens with zero attached hydrogens (tertiary/aromatic N) is 4. The fraction of sp³-hybridized carbons (Fsp3) is 0.500. The first kappa shape index (κ1) is 14.9. The van der Waals surface area contributed by atoms with E-state index in [-0.39, 0.29) is 27.0 Å².